The largest absolute Gasteiger partial charge is 0.451 e. The lowest BCUT2D eigenvalue weighted by Crippen LogP contribution is -2.36. The quantitative estimate of drug-likeness (QED) is 0.120. The molecule has 4 aliphatic heterocycles. The van der Waals surface area contributed by atoms with Gasteiger partial charge in [-0.1, -0.05) is 54.6 Å². The average Bonchev–Trinajstić information content (AvgIpc) is 4.07. The summed E-state index contributed by atoms with van der Waals surface area (Å²) in [5.41, 5.74) is 3.81. The van der Waals surface area contributed by atoms with Crippen LogP contribution in [0.15, 0.2) is 125 Å². The molecule has 2 aromatic heterocycles. The Kier molecular flexibility index (Phi) is 11.6. The number of benzene rings is 5. The van der Waals surface area contributed by atoms with E-state index in [4.69, 9.17) is 9.47 Å². The lowest BCUT2D eigenvalue weighted by Gasteiger charge is -2.26. The van der Waals surface area contributed by atoms with Crippen LogP contribution in [0.1, 0.15) is 52.0 Å². The van der Waals surface area contributed by atoms with Crippen molar-refractivity contribution in [3.8, 4) is 34.4 Å². The third-order valence-electron chi connectivity index (χ3n) is 12.5. The molecule has 0 aliphatic carbocycles. The number of anilines is 1. The van der Waals surface area contributed by atoms with Gasteiger partial charge < -0.3 is 44.4 Å². The van der Waals surface area contributed by atoms with Gasteiger partial charge in [-0.05, 0) is 106 Å². The third-order valence-corrected chi connectivity index (χ3v) is 12.5. The number of rotatable bonds is 11. The number of carbonyl (C=O) groups is 2. The molecule has 7 aromatic rings. The Balaban J connectivity index is 0.000000157. The van der Waals surface area contributed by atoms with Crippen LogP contribution in [0, 0.1) is 5.82 Å². The van der Waals surface area contributed by atoms with Gasteiger partial charge in [-0.3, -0.25) is 19.2 Å². The van der Waals surface area contributed by atoms with Gasteiger partial charge in [-0.2, -0.15) is 0 Å². The minimum absolute atomic E-state index is 0.000656. The zero-order valence-corrected chi connectivity index (χ0v) is 35.8. The molecule has 0 spiro atoms. The van der Waals surface area contributed by atoms with Gasteiger partial charge in [0.1, 0.15) is 22.2 Å². The first kappa shape index (κ1) is 41.7. The van der Waals surface area contributed by atoms with Crippen LogP contribution in [-0.2, 0) is 6.54 Å². The van der Waals surface area contributed by atoms with Crippen LogP contribution >= 0.6 is 0 Å². The molecule has 2 amide bonds. The van der Waals surface area contributed by atoms with Gasteiger partial charge in [-0.15, -0.1) is 0 Å². The maximum absolute atomic E-state index is 14.4. The van der Waals surface area contributed by atoms with Crippen molar-refractivity contribution >= 4 is 39.3 Å². The normalized spacial score (nSPS) is 14.7. The standard InChI is InChI=1S/C29H28N4O3.C22H20FN3O3/c34-27-21-12-13-23(31-18-20-8-2-1-3-9-20)28-26(21)33(24-10-4-5-11-25(24)36-28)19-22(27)29(35)30-14-17-32-15-6-7-16-32;23-16-8-7-14-19-21(16)29-18-6-2-1-5-17(18)26(19)13-15(20(14)27)22(28)24-9-12-25-10-3-4-11-25/h1-5,8-13,19,31H,6-7,14-18H2,(H,30,35);1-2,5-8,13H,3-4,9-12H2,(H,24,28). The van der Waals surface area contributed by atoms with Crippen molar-refractivity contribution in [1.29, 1.82) is 0 Å². The molecule has 330 valence electrons. The number of amides is 2. The van der Waals surface area contributed by atoms with Gasteiger partial charge >= 0.3 is 0 Å². The third kappa shape index (κ3) is 8.22. The van der Waals surface area contributed by atoms with Crippen LogP contribution in [-0.4, -0.2) is 83.1 Å². The number of nitrogens with zero attached hydrogens (tertiary/aromatic N) is 4. The van der Waals surface area contributed by atoms with E-state index in [0.717, 1.165) is 56.2 Å². The maximum atomic E-state index is 14.4. The number of carbonyl (C=O) groups excluding carboxylic acids is 2. The highest BCUT2D eigenvalue weighted by atomic mass is 19.1. The first-order chi connectivity index (χ1) is 31.8. The number of hydrogen-bond acceptors (Lipinski definition) is 9. The molecule has 2 saturated heterocycles. The molecule has 0 unspecified atom stereocenters. The number of pyridine rings is 2. The van der Waals surface area contributed by atoms with Crippen LogP contribution in [0.25, 0.3) is 33.2 Å². The summed E-state index contributed by atoms with van der Waals surface area (Å²) in [6.45, 7) is 7.40. The Morgan fingerprint density at radius 1 is 0.569 bits per heavy atom. The molecule has 4 aliphatic rings. The molecule has 65 heavy (non-hydrogen) atoms. The Morgan fingerprint density at radius 3 is 1.60 bits per heavy atom. The second kappa shape index (κ2) is 18.1. The van der Waals surface area contributed by atoms with E-state index in [1.165, 1.54) is 44.0 Å². The number of nitrogens with one attached hydrogen (secondary N) is 3. The van der Waals surface area contributed by atoms with Crippen molar-refractivity contribution < 1.29 is 23.5 Å². The van der Waals surface area contributed by atoms with Gasteiger partial charge in [0.25, 0.3) is 11.8 Å². The van der Waals surface area contributed by atoms with E-state index >= 15 is 0 Å². The molecular weight excluding hydrogens is 826 g/mol. The number of fused-ring (bicyclic) bond motifs is 4. The molecule has 0 radical (unpaired) electrons. The maximum Gasteiger partial charge on any atom is 0.256 e. The van der Waals surface area contributed by atoms with Gasteiger partial charge in [-0.25, -0.2) is 4.39 Å². The topological polar surface area (TPSA) is 139 Å². The summed E-state index contributed by atoms with van der Waals surface area (Å²) in [5.74, 6) is 0.401. The van der Waals surface area contributed by atoms with Gasteiger partial charge in [0, 0.05) is 45.1 Å². The summed E-state index contributed by atoms with van der Waals surface area (Å²) >= 11 is 0. The number of ether oxygens (including phenoxy) is 2. The predicted molar refractivity (Wildman–Crippen MR) is 249 cm³/mol. The van der Waals surface area contributed by atoms with Crippen molar-refractivity contribution in [2.24, 2.45) is 0 Å². The van der Waals surface area contributed by atoms with E-state index in [-0.39, 0.29) is 33.6 Å². The highest BCUT2D eigenvalue weighted by molar-refractivity contribution is 6.01. The summed E-state index contributed by atoms with van der Waals surface area (Å²) in [4.78, 5) is 57.0. The second-order valence-electron chi connectivity index (χ2n) is 16.7. The first-order valence-corrected chi connectivity index (χ1v) is 22.3. The monoisotopic (exact) mass is 873 g/mol. The molecular formula is C51H48FN7O6. The SMILES string of the molecule is O=C(NCCN1CCCC1)c1cn2c3c(c(F)ccc3c1=O)Oc1ccccc1-2.O=C(NCCN1CCCC1)c1cn2c3c(c(NCc4ccccc4)ccc3c1=O)Oc1ccccc1-2. The fourth-order valence-electron chi connectivity index (χ4n) is 9.16. The summed E-state index contributed by atoms with van der Waals surface area (Å²) in [6, 6.07) is 31.2. The van der Waals surface area contributed by atoms with Crippen LogP contribution in [0.2, 0.25) is 0 Å². The van der Waals surface area contributed by atoms with Crippen molar-refractivity contribution in [1.82, 2.24) is 29.6 Å². The molecule has 3 N–H and O–H groups in total. The molecule has 0 saturated carbocycles. The molecule has 11 rings (SSSR count). The molecule has 2 fully saturated rings. The Bertz CT molecular complexity index is 3090. The summed E-state index contributed by atoms with van der Waals surface area (Å²) in [6.07, 6.45) is 7.92. The van der Waals surface area contributed by atoms with Gasteiger partial charge in [0.05, 0.1) is 27.8 Å². The first-order valence-electron chi connectivity index (χ1n) is 22.3. The summed E-state index contributed by atoms with van der Waals surface area (Å²) < 4.78 is 30.0. The van der Waals surface area contributed by atoms with E-state index in [9.17, 15) is 23.6 Å². The zero-order chi connectivity index (χ0) is 44.4. The second-order valence-corrected chi connectivity index (χ2v) is 16.7. The van der Waals surface area contributed by atoms with E-state index in [0.29, 0.717) is 59.0 Å². The predicted octanol–water partition coefficient (Wildman–Crippen LogP) is 7.60. The lowest BCUT2D eigenvalue weighted by atomic mass is 10.1. The van der Waals surface area contributed by atoms with Crippen molar-refractivity contribution in [2.45, 2.75) is 32.2 Å². The zero-order valence-electron chi connectivity index (χ0n) is 35.8. The van der Waals surface area contributed by atoms with Gasteiger partial charge in [0.2, 0.25) is 10.9 Å². The number of aromatic nitrogens is 2. The molecule has 13 nitrogen and oxygen atoms in total. The minimum atomic E-state index is -0.553. The fourth-order valence-corrected chi connectivity index (χ4v) is 9.16. The smallest absolute Gasteiger partial charge is 0.256 e. The fraction of sp³-hybridized carbons (Fsp3) is 0.255. The minimum Gasteiger partial charge on any atom is -0.451 e. The average molecular weight is 874 g/mol. The number of likely N-dealkylation sites (tertiary alicyclic amines) is 2. The molecule has 14 heteroatoms. The number of halogens is 1. The van der Waals surface area contributed by atoms with Crippen molar-refractivity contribution in [2.75, 3.05) is 57.7 Å². The molecule has 0 bridgehead atoms. The van der Waals surface area contributed by atoms with Gasteiger partial charge in [0.15, 0.2) is 28.8 Å². The molecule has 6 heterocycles. The Morgan fingerprint density at radius 2 is 1.05 bits per heavy atom. The molecule has 0 atom stereocenters. The van der Waals surface area contributed by atoms with E-state index in [2.05, 4.69) is 37.9 Å². The van der Waals surface area contributed by atoms with E-state index in [1.807, 2.05) is 65.2 Å². The van der Waals surface area contributed by atoms with Crippen LogP contribution in [0.4, 0.5) is 10.1 Å². The van der Waals surface area contributed by atoms with Crippen molar-refractivity contribution in [3.05, 3.63) is 158 Å². The Labute approximate surface area is 374 Å². The summed E-state index contributed by atoms with van der Waals surface area (Å²) in [5, 5.41) is 9.96. The van der Waals surface area contributed by atoms with Crippen LogP contribution in [0.3, 0.4) is 0 Å². The van der Waals surface area contributed by atoms with Crippen LogP contribution in [0.5, 0.6) is 23.0 Å². The molecule has 5 aromatic carbocycles. The van der Waals surface area contributed by atoms with Crippen LogP contribution < -0.4 is 36.3 Å². The van der Waals surface area contributed by atoms with Crippen molar-refractivity contribution in [3.63, 3.8) is 0 Å². The highest BCUT2D eigenvalue weighted by Crippen LogP contribution is 2.44. The lowest BCUT2D eigenvalue weighted by molar-refractivity contribution is 0.0940. The number of para-hydroxylation sites is 4. The summed E-state index contributed by atoms with van der Waals surface area (Å²) in [7, 11) is 0. The Hall–Kier alpha value is -7.29. The van der Waals surface area contributed by atoms with E-state index < -0.39 is 17.2 Å². The van der Waals surface area contributed by atoms with E-state index in [1.54, 1.807) is 29.0 Å². The number of hydrogen-bond donors (Lipinski definition) is 3. The highest BCUT2D eigenvalue weighted by Gasteiger charge is 2.28.